The van der Waals surface area contributed by atoms with Gasteiger partial charge in [-0.3, -0.25) is 4.79 Å². The van der Waals surface area contributed by atoms with E-state index in [1.54, 1.807) is 12.1 Å². The first-order chi connectivity index (χ1) is 10.0. The molecule has 0 spiro atoms. The average Bonchev–Trinajstić information content (AvgIpc) is 2.49. The summed E-state index contributed by atoms with van der Waals surface area (Å²) in [7, 11) is 2.98. The highest BCUT2D eigenvalue weighted by molar-refractivity contribution is 6.30. The molecule has 0 bridgehead atoms. The largest absolute Gasteiger partial charge is 0.493 e. The number of methoxy groups -OCH3 is 2. The minimum absolute atomic E-state index is 0.268. The fraction of sp³-hybridized carbons (Fsp3) is 0.143. The van der Waals surface area contributed by atoms with E-state index < -0.39 is 5.91 Å². The summed E-state index contributed by atoms with van der Waals surface area (Å²) in [5.41, 5.74) is 6.41. The Morgan fingerprint density at radius 1 is 1.24 bits per heavy atom. The maximum atomic E-state index is 12.2. The van der Waals surface area contributed by atoms with Crippen LogP contribution in [0.2, 0.25) is 5.02 Å². The molecule has 7 heteroatoms. The molecule has 3 N–H and O–H groups in total. The van der Waals surface area contributed by atoms with Gasteiger partial charge in [0, 0.05) is 18.0 Å². The van der Waals surface area contributed by atoms with E-state index in [2.05, 4.69) is 10.3 Å². The number of carbonyl (C=O) groups excluding carboxylic acids is 1. The van der Waals surface area contributed by atoms with Crippen LogP contribution in [0.15, 0.2) is 30.5 Å². The van der Waals surface area contributed by atoms with Gasteiger partial charge in [-0.1, -0.05) is 11.6 Å². The summed E-state index contributed by atoms with van der Waals surface area (Å²) in [6.45, 7) is 0. The van der Waals surface area contributed by atoms with E-state index in [4.69, 9.17) is 26.8 Å². The fourth-order valence-corrected chi connectivity index (χ4v) is 1.84. The number of hydrogen-bond donors (Lipinski definition) is 2. The predicted molar refractivity (Wildman–Crippen MR) is 81.2 cm³/mol. The van der Waals surface area contributed by atoms with Gasteiger partial charge in [0.15, 0.2) is 11.5 Å². The second-order valence-corrected chi connectivity index (χ2v) is 4.55. The Hall–Kier alpha value is -2.47. The molecular formula is C14H14ClN3O3. The molecule has 1 aromatic heterocycles. The van der Waals surface area contributed by atoms with Gasteiger partial charge in [-0.2, -0.15) is 0 Å². The van der Waals surface area contributed by atoms with Gasteiger partial charge in [-0.25, -0.2) is 4.98 Å². The molecule has 0 saturated carbocycles. The molecule has 0 aliphatic heterocycles. The summed E-state index contributed by atoms with van der Waals surface area (Å²) >= 11 is 5.74. The fourth-order valence-electron chi connectivity index (χ4n) is 1.72. The summed E-state index contributed by atoms with van der Waals surface area (Å²) in [6.07, 6.45) is 1.44. The zero-order valence-electron chi connectivity index (χ0n) is 11.5. The molecule has 0 radical (unpaired) electrons. The molecule has 0 aliphatic rings. The van der Waals surface area contributed by atoms with E-state index in [1.165, 1.54) is 32.5 Å². The first kappa shape index (κ1) is 14.9. The number of rotatable bonds is 4. The highest BCUT2D eigenvalue weighted by Gasteiger charge is 2.15. The zero-order chi connectivity index (χ0) is 15.4. The molecular weight excluding hydrogens is 294 g/mol. The van der Waals surface area contributed by atoms with Crippen molar-refractivity contribution in [1.29, 1.82) is 0 Å². The van der Waals surface area contributed by atoms with Crippen LogP contribution in [0.25, 0.3) is 0 Å². The molecule has 0 unspecified atom stereocenters. The van der Waals surface area contributed by atoms with Crippen molar-refractivity contribution < 1.29 is 14.3 Å². The van der Waals surface area contributed by atoms with Gasteiger partial charge >= 0.3 is 0 Å². The molecule has 0 atom stereocenters. The number of amides is 1. The number of ether oxygens (including phenoxy) is 2. The van der Waals surface area contributed by atoms with Crippen molar-refractivity contribution in [3.8, 4) is 11.5 Å². The van der Waals surface area contributed by atoms with Crippen molar-refractivity contribution in [3.05, 3.63) is 41.0 Å². The van der Waals surface area contributed by atoms with Crippen LogP contribution < -0.4 is 20.5 Å². The summed E-state index contributed by atoms with van der Waals surface area (Å²) < 4.78 is 10.3. The van der Waals surface area contributed by atoms with E-state index in [9.17, 15) is 4.79 Å². The van der Waals surface area contributed by atoms with E-state index in [0.717, 1.165) is 0 Å². The van der Waals surface area contributed by atoms with Gasteiger partial charge < -0.3 is 20.5 Å². The molecule has 6 nitrogen and oxygen atoms in total. The predicted octanol–water partition coefficient (Wildman–Crippen LogP) is 2.59. The molecule has 110 valence electrons. The van der Waals surface area contributed by atoms with Crippen molar-refractivity contribution in [2.75, 3.05) is 25.3 Å². The lowest BCUT2D eigenvalue weighted by molar-refractivity contribution is 0.102. The number of pyridine rings is 1. The number of nitrogens with zero attached hydrogens (tertiary/aromatic N) is 1. The van der Waals surface area contributed by atoms with Crippen LogP contribution in [-0.4, -0.2) is 25.1 Å². The van der Waals surface area contributed by atoms with Crippen LogP contribution in [0, 0.1) is 0 Å². The maximum absolute atomic E-state index is 12.2. The molecule has 21 heavy (non-hydrogen) atoms. The lowest BCUT2D eigenvalue weighted by Crippen LogP contribution is -2.15. The minimum atomic E-state index is -0.400. The smallest absolute Gasteiger partial charge is 0.259 e. The number of nitrogen functional groups attached to an aromatic ring is 1. The lowest BCUT2D eigenvalue weighted by atomic mass is 10.1. The number of carbonyl (C=O) groups is 1. The Labute approximate surface area is 126 Å². The van der Waals surface area contributed by atoms with Crippen molar-refractivity contribution >= 4 is 29.0 Å². The quantitative estimate of drug-likeness (QED) is 0.848. The van der Waals surface area contributed by atoms with E-state index in [-0.39, 0.29) is 11.3 Å². The van der Waals surface area contributed by atoms with Crippen LogP contribution in [0.4, 0.5) is 11.5 Å². The topological polar surface area (TPSA) is 86.5 Å². The Kier molecular flexibility index (Phi) is 4.49. The number of aromatic nitrogens is 1. The first-order valence-corrected chi connectivity index (χ1v) is 6.37. The third-order valence-corrected chi connectivity index (χ3v) is 2.99. The number of nitrogens with two attached hydrogens (primary N) is 1. The molecule has 1 heterocycles. The van der Waals surface area contributed by atoms with Crippen LogP contribution in [0.3, 0.4) is 0 Å². The lowest BCUT2D eigenvalue weighted by Gasteiger charge is -2.12. The standard InChI is InChI=1S/C14H14ClN3O3/c1-20-11-5-9(10(16)6-12(11)21-2)14(19)18-13-4-3-8(15)7-17-13/h3-7H,16H2,1-2H3,(H,17,18,19). The Morgan fingerprint density at radius 3 is 2.48 bits per heavy atom. The second-order valence-electron chi connectivity index (χ2n) is 4.11. The second kappa shape index (κ2) is 6.32. The Morgan fingerprint density at radius 2 is 1.90 bits per heavy atom. The normalized spacial score (nSPS) is 10.0. The SMILES string of the molecule is COc1cc(N)c(C(=O)Nc2ccc(Cl)cn2)cc1OC. The summed E-state index contributed by atoms with van der Waals surface area (Å²) in [5, 5.41) is 3.11. The third-order valence-electron chi connectivity index (χ3n) is 2.77. The van der Waals surface area contributed by atoms with Gasteiger partial charge in [-0.05, 0) is 18.2 Å². The molecule has 0 aliphatic carbocycles. The van der Waals surface area contributed by atoms with Crippen LogP contribution in [0.1, 0.15) is 10.4 Å². The van der Waals surface area contributed by atoms with Gasteiger partial charge in [0.25, 0.3) is 5.91 Å². The number of benzene rings is 1. The molecule has 2 aromatic rings. The molecule has 1 amide bonds. The van der Waals surface area contributed by atoms with Crippen LogP contribution in [-0.2, 0) is 0 Å². The van der Waals surface area contributed by atoms with Crippen molar-refractivity contribution in [2.45, 2.75) is 0 Å². The number of nitrogens with one attached hydrogen (secondary N) is 1. The Bertz CT molecular complexity index is 659. The molecule has 2 rings (SSSR count). The molecule has 0 saturated heterocycles. The number of anilines is 2. The summed E-state index contributed by atoms with van der Waals surface area (Å²) in [6, 6.07) is 6.27. The first-order valence-electron chi connectivity index (χ1n) is 5.99. The average molecular weight is 308 g/mol. The number of hydrogen-bond acceptors (Lipinski definition) is 5. The van der Waals surface area contributed by atoms with E-state index in [0.29, 0.717) is 22.3 Å². The van der Waals surface area contributed by atoms with Gasteiger partial charge in [-0.15, -0.1) is 0 Å². The zero-order valence-corrected chi connectivity index (χ0v) is 12.3. The van der Waals surface area contributed by atoms with Gasteiger partial charge in [0.2, 0.25) is 0 Å². The van der Waals surface area contributed by atoms with Gasteiger partial charge in [0.05, 0.1) is 24.8 Å². The van der Waals surface area contributed by atoms with Crippen LogP contribution in [0.5, 0.6) is 11.5 Å². The minimum Gasteiger partial charge on any atom is -0.493 e. The number of halogens is 1. The highest BCUT2D eigenvalue weighted by Crippen LogP contribution is 2.32. The summed E-state index contributed by atoms with van der Waals surface area (Å²) in [4.78, 5) is 16.2. The Balaban J connectivity index is 2.28. The van der Waals surface area contributed by atoms with Gasteiger partial charge in [0.1, 0.15) is 5.82 Å². The van der Waals surface area contributed by atoms with E-state index >= 15 is 0 Å². The van der Waals surface area contributed by atoms with E-state index in [1.807, 2.05) is 0 Å². The monoisotopic (exact) mass is 307 g/mol. The maximum Gasteiger partial charge on any atom is 0.259 e. The highest BCUT2D eigenvalue weighted by atomic mass is 35.5. The molecule has 0 fully saturated rings. The van der Waals surface area contributed by atoms with Crippen molar-refractivity contribution in [1.82, 2.24) is 4.98 Å². The van der Waals surface area contributed by atoms with Crippen molar-refractivity contribution in [3.63, 3.8) is 0 Å². The molecule has 1 aromatic carbocycles. The third kappa shape index (κ3) is 3.35. The van der Waals surface area contributed by atoms with Crippen LogP contribution >= 0.6 is 11.6 Å². The summed E-state index contributed by atoms with van der Waals surface area (Å²) in [5.74, 6) is 0.846. The van der Waals surface area contributed by atoms with Crippen molar-refractivity contribution in [2.24, 2.45) is 0 Å².